The Bertz CT molecular complexity index is 379. The SMILES string of the molecule is COc1ccc(CNC[C@H](C)O)c(OC)c1OC. The van der Waals surface area contributed by atoms with Crippen molar-refractivity contribution in [2.75, 3.05) is 27.9 Å². The zero-order chi connectivity index (χ0) is 13.5. The van der Waals surface area contributed by atoms with Crippen LogP contribution >= 0.6 is 0 Å². The van der Waals surface area contributed by atoms with Gasteiger partial charge in [-0.1, -0.05) is 6.07 Å². The predicted octanol–water partition coefficient (Wildman–Crippen LogP) is 1.18. The van der Waals surface area contributed by atoms with Gasteiger partial charge < -0.3 is 24.6 Å². The van der Waals surface area contributed by atoms with E-state index in [4.69, 9.17) is 14.2 Å². The van der Waals surface area contributed by atoms with Crippen molar-refractivity contribution in [3.05, 3.63) is 17.7 Å². The number of methoxy groups -OCH3 is 3. The normalized spacial score (nSPS) is 12.1. The molecule has 5 nitrogen and oxygen atoms in total. The van der Waals surface area contributed by atoms with Crippen LogP contribution in [-0.4, -0.2) is 39.1 Å². The summed E-state index contributed by atoms with van der Waals surface area (Å²) < 4.78 is 15.9. The average Bonchev–Trinajstić information content (AvgIpc) is 2.37. The molecule has 0 aliphatic carbocycles. The second-order valence-electron chi connectivity index (χ2n) is 3.97. The van der Waals surface area contributed by atoms with Crippen molar-refractivity contribution in [1.82, 2.24) is 5.32 Å². The number of hydrogen-bond donors (Lipinski definition) is 2. The Morgan fingerprint density at radius 1 is 1.11 bits per heavy atom. The molecule has 0 radical (unpaired) electrons. The lowest BCUT2D eigenvalue weighted by Gasteiger charge is -2.16. The number of rotatable bonds is 7. The van der Waals surface area contributed by atoms with Gasteiger partial charge in [-0.25, -0.2) is 0 Å². The molecule has 0 bridgehead atoms. The fraction of sp³-hybridized carbons (Fsp3) is 0.538. The van der Waals surface area contributed by atoms with Crippen molar-refractivity contribution in [1.29, 1.82) is 0 Å². The summed E-state index contributed by atoms with van der Waals surface area (Å²) in [6, 6.07) is 3.75. The Labute approximate surface area is 108 Å². The molecule has 18 heavy (non-hydrogen) atoms. The first-order valence-corrected chi connectivity index (χ1v) is 5.80. The molecule has 0 spiro atoms. The first kappa shape index (κ1) is 14.6. The smallest absolute Gasteiger partial charge is 0.203 e. The van der Waals surface area contributed by atoms with E-state index < -0.39 is 0 Å². The molecule has 1 atom stereocenters. The summed E-state index contributed by atoms with van der Waals surface area (Å²) >= 11 is 0. The van der Waals surface area contributed by atoms with E-state index in [1.807, 2.05) is 12.1 Å². The highest BCUT2D eigenvalue weighted by molar-refractivity contribution is 5.55. The Kier molecular flexibility index (Phi) is 5.74. The van der Waals surface area contributed by atoms with Gasteiger partial charge in [0.15, 0.2) is 11.5 Å². The van der Waals surface area contributed by atoms with Crippen LogP contribution in [0.4, 0.5) is 0 Å². The third kappa shape index (κ3) is 3.51. The van der Waals surface area contributed by atoms with Crippen molar-refractivity contribution in [2.45, 2.75) is 19.6 Å². The van der Waals surface area contributed by atoms with Gasteiger partial charge in [0.2, 0.25) is 5.75 Å². The molecule has 0 saturated heterocycles. The molecule has 0 aromatic heterocycles. The molecule has 0 amide bonds. The van der Waals surface area contributed by atoms with Crippen LogP contribution in [0, 0.1) is 0 Å². The summed E-state index contributed by atoms with van der Waals surface area (Å²) in [4.78, 5) is 0. The van der Waals surface area contributed by atoms with Gasteiger partial charge in [-0.15, -0.1) is 0 Å². The van der Waals surface area contributed by atoms with E-state index in [1.54, 1.807) is 28.3 Å². The molecule has 0 fully saturated rings. The molecule has 0 saturated carbocycles. The molecule has 102 valence electrons. The summed E-state index contributed by atoms with van der Waals surface area (Å²) in [5.41, 5.74) is 0.954. The summed E-state index contributed by atoms with van der Waals surface area (Å²) in [5.74, 6) is 1.86. The highest BCUT2D eigenvalue weighted by atomic mass is 16.5. The van der Waals surface area contributed by atoms with Crippen LogP contribution in [-0.2, 0) is 6.54 Å². The minimum absolute atomic E-state index is 0.379. The van der Waals surface area contributed by atoms with E-state index in [-0.39, 0.29) is 6.10 Å². The predicted molar refractivity (Wildman–Crippen MR) is 69.5 cm³/mol. The Morgan fingerprint density at radius 3 is 2.28 bits per heavy atom. The van der Waals surface area contributed by atoms with Gasteiger partial charge in [-0.05, 0) is 13.0 Å². The minimum atomic E-state index is -0.379. The van der Waals surface area contributed by atoms with E-state index in [1.165, 1.54) is 0 Å². The maximum atomic E-state index is 9.20. The molecule has 5 heteroatoms. The van der Waals surface area contributed by atoms with Crippen molar-refractivity contribution in [2.24, 2.45) is 0 Å². The standard InChI is InChI=1S/C13H21NO4/c1-9(15)7-14-8-10-5-6-11(16-2)13(18-4)12(10)17-3/h5-6,9,14-15H,7-8H2,1-4H3/t9-/m0/s1. The highest BCUT2D eigenvalue weighted by Gasteiger charge is 2.15. The van der Waals surface area contributed by atoms with E-state index in [2.05, 4.69) is 5.32 Å². The van der Waals surface area contributed by atoms with Crippen LogP contribution in [0.3, 0.4) is 0 Å². The quantitative estimate of drug-likeness (QED) is 0.766. The van der Waals surface area contributed by atoms with E-state index in [9.17, 15) is 5.11 Å². The van der Waals surface area contributed by atoms with Crippen LogP contribution < -0.4 is 19.5 Å². The molecule has 0 heterocycles. The summed E-state index contributed by atoms with van der Waals surface area (Å²) in [5, 5.41) is 12.3. The fourth-order valence-electron chi connectivity index (χ4n) is 1.72. The minimum Gasteiger partial charge on any atom is -0.493 e. The van der Waals surface area contributed by atoms with Gasteiger partial charge in [-0.3, -0.25) is 0 Å². The van der Waals surface area contributed by atoms with Crippen LogP contribution in [0.2, 0.25) is 0 Å². The second-order valence-corrected chi connectivity index (χ2v) is 3.97. The monoisotopic (exact) mass is 255 g/mol. The van der Waals surface area contributed by atoms with Gasteiger partial charge in [0.1, 0.15) is 0 Å². The average molecular weight is 255 g/mol. The lowest BCUT2D eigenvalue weighted by molar-refractivity contribution is 0.190. The third-order valence-electron chi connectivity index (χ3n) is 2.54. The van der Waals surface area contributed by atoms with E-state index in [0.717, 1.165) is 5.56 Å². The van der Waals surface area contributed by atoms with Crippen molar-refractivity contribution in [3.8, 4) is 17.2 Å². The van der Waals surface area contributed by atoms with Crippen LogP contribution in [0.25, 0.3) is 0 Å². The van der Waals surface area contributed by atoms with Gasteiger partial charge in [0.25, 0.3) is 0 Å². The number of nitrogens with one attached hydrogen (secondary N) is 1. The lowest BCUT2D eigenvalue weighted by Crippen LogP contribution is -2.24. The van der Waals surface area contributed by atoms with Crippen LogP contribution in [0.1, 0.15) is 12.5 Å². The van der Waals surface area contributed by atoms with Crippen LogP contribution in [0.15, 0.2) is 12.1 Å². The maximum absolute atomic E-state index is 9.20. The van der Waals surface area contributed by atoms with Crippen molar-refractivity contribution >= 4 is 0 Å². The Hall–Kier alpha value is -1.46. The highest BCUT2D eigenvalue weighted by Crippen LogP contribution is 2.39. The summed E-state index contributed by atoms with van der Waals surface area (Å²) in [6.07, 6.45) is -0.379. The Morgan fingerprint density at radius 2 is 1.78 bits per heavy atom. The zero-order valence-electron chi connectivity index (χ0n) is 11.3. The number of hydrogen-bond acceptors (Lipinski definition) is 5. The van der Waals surface area contributed by atoms with E-state index >= 15 is 0 Å². The van der Waals surface area contributed by atoms with E-state index in [0.29, 0.717) is 30.3 Å². The maximum Gasteiger partial charge on any atom is 0.203 e. The molecular formula is C13H21NO4. The van der Waals surface area contributed by atoms with Crippen molar-refractivity contribution < 1.29 is 19.3 Å². The van der Waals surface area contributed by atoms with Crippen molar-refractivity contribution in [3.63, 3.8) is 0 Å². The number of benzene rings is 1. The molecule has 0 aliphatic rings. The number of aliphatic hydroxyl groups is 1. The molecule has 0 unspecified atom stereocenters. The topological polar surface area (TPSA) is 60.0 Å². The van der Waals surface area contributed by atoms with Gasteiger partial charge in [0, 0.05) is 18.7 Å². The van der Waals surface area contributed by atoms with Crippen LogP contribution in [0.5, 0.6) is 17.2 Å². The third-order valence-corrected chi connectivity index (χ3v) is 2.54. The number of ether oxygens (including phenoxy) is 3. The molecule has 0 aliphatic heterocycles. The molecular weight excluding hydrogens is 234 g/mol. The fourth-order valence-corrected chi connectivity index (χ4v) is 1.72. The van der Waals surface area contributed by atoms with Gasteiger partial charge >= 0.3 is 0 Å². The second kappa shape index (κ2) is 7.08. The number of aliphatic hydroxyl groups excluding tert-OH is 1. The molecule has 1 rings (SSSR count). The summed E-state index contributed by atoms with van der Waals surface area (Å²) in [7, 11) is 4.76. The molecule has 1 aromatic rings. The molecule has 2 N–H and O–H groups in total. The largest absolute Gasteiger partial charge is 0.493 e. The first-order chi connectivity index (χ1) is 8.63. The van der Waals surface area contributed by atoms with Gasteiger partial charge in [-0.2, -0.15) is 0 Å². The Balaban J connectivity index is 2.91. The first-order valence-electron chi connectivity index (χ1n) is 5.80. The van der Waals surface area contributed by atoms with Gasteiger partial charge in [0.05, 0.1) is 27.4 Å². The molecule has 1 aromatic carbocycles. The zero-order valence-corrected chi connectivity index (χ0v) is 11.3. The summed E-state index contributed by atoms with van der Waals surface area (Å²) in [6.45, 7) is 2.85. The lowest BCUT2D eigenvalue weighted by atomic mass is 10.1.